The molecule has 5 heteroatoms. The van der Waals surface area contributed by atoms with Crippen LogP contribution in [0.4, 0.5) is 4.39 Å². The predicted octanol–water partition coefficient (Wildman–Crippen LogP) is 1.23. The quantitative estimate of drug-likeness (QED) is 0.816. The van der Waals surface area contributed by atoms with Gasteiger partial charge in [0.15, 0.2) is 23.1 Å². The number of rotatable bonds is 3. The Morgan fingerprint density at radius 1 is 1.31 bits per heavy atom. The number of aliphatic hydroxyl groups excluding tert-OH is 1. The van der Waals surface area contributed by atoms with Gasteiger partial charge in [-0.1, -0.05) is 0 Å². The van der Waals surface area contributed by atoms with Gasteiger partial charge in [0.2, 0.25) is 0 Å². The fraction of sp³-hybridized carbons (Fsp3) is 0.455. The van der Waals surface area contributed by atoms with E-state index in [-0.39, 0.29) is 6.61 Å². The Hall–Kier alpha value is -1.49. The van der Waals surface area contributed by atoms with Gasteiger partial charge in [-0.3, -0.25) is 0 Å². The van der Waals surface area contributed by atoms with Gasteiger partial charge < -0.3 is 19.7 Å². The molecule has 1 aliphatic heterocycles. The molecule has 2 N–H and O–H groups in total. The molecule has 88 valence electrons. The Bertz CT molecular complexity index is 392. The number of halogens is 1. The number of benzene rings is 1. The van der Waals surface area contributed by atoms with Gasteiger partial charge in [0.1, 0.15) is 13.2 Å². The van der Waals surface area contributed by atoms with Crippen molar-refractivity contribution in [3.8, 4) is 17.2 Å². The topological polar surface area (TPSA) is 58.9 Å². The first kappa shape index (κ1) is 11.0. The van der Waals surface area contributed by atoms with Gasteiger partial charge >= 0.3 is 0 Å². The van der Waals surface area contributed by atoms with E-state index in [1.165, 1.54) is 0 Å². The second kappa shape index (κ2) is 4.57. The summed E-state index contributed by atoms with van der Waals surface area (Å²) in [5.41, 5.74) is 0.365. The zero-order chi connectivity index (χ0) is 11.5. The highest BCUT2D eigenvalue weighted by Crippen LogP contribution is 2.41. The van der Waals surface area contributed by atoms with E-state index in [4.69, 9.17) is 14.6 Å². The molecule has 1 aliphatic rings. The molecule has 0 unspecified atom stereocenters. The molecule has 0 fully saturated rings. The number of hydrogen-bond donors (Lipinski definition) is 2. The van der Waals surface area contributed by atoms with E-state index in [0.717, 1.165) is 6.07 Å². The van der Waals surface area contributed by atoms with Crippen LogP contribution in [0.2, 0.25) is 0 Å². The van der Waals surface area contributed by atoms with Crippen LogP contribution in [0, 0.1) is 5.82 Å². The fourth-order valence-corrected chi connectivity index (χ4v) is 1.70. The number of ether oxygens (including phenoxy) is 2. The number of fused-ring (bicyclic) bond motifs is 1. The molecule has 0 amide bonds. The van der Waals surface area contributed by atoms with Crippen LogP contribution < -0.4 is 9.47 Å². The number of aliphatic hydroxyl groups is 1. The lowest BCUT2D eigenvalue weighted by Crippen LogP contribution is -2.17. The van der Waals surface area contributed by atoms with Crippen molar-refractivity contribution in [1.82, 2.24) is 0 Å². The largest absolute Gasteiger partial charge is 0.505 e. The summed E-state index contributed by atoms with van der Waals surface area (Å²) in [4.78, 5) is 0. The predicted molar refractivity (Wildman–Crippen MR) is 54.5 cm³/mol. The summed E-state index contributed by atoms with van der Waals surface area (Å²) in [6.45, 7) is 0.729. The zero-order valence-corrected chi connectivity index (χ0v) is 8.70. The lowest BCUT2D eigenvalue weighted by Gasteiger charge is -2.22. The minimum absolute atomic E-state index is 0.0222. The average molecular weight is 228 g/mol. The SMILES string of the molecule is OCCCc1c(O)c(F)cc2c1OCCO2. The molecule has 0 aliphatic carbocycles. The van der Waals surface area contributed by atoms with Crippen molar-refractivity contribution in [2.75, 3.05) is 19.8 Å². The fourth-order valence-electron chi connectivity index (χ4n) is 1.70. The third kappa shape index (κ3) is 1.90. The summed E-state index contributed by atoms with van der Waals surface area (Å²) in [7, 11) is 0. The standard InChI is InChI=1S/C11H13FO4/c12-8-6-9-11(16-5-4-15-9)7(10(8)14)2-1-3-13/h6,13-14H,1-5H2. The van der Waals surface area contributed by atoms with Crippen LogP contribution in [0.1, 0.15) is 12.0 Å². The highest BCUT2D eigenvalue weighted by Gasteiger charge is 2.22. The summed E-state index contributed by atoms with van der Waals surface area (Å²) in [5, 5.41) is 18.3. The van der Waals surface area contributed by atoms with Gasteiger partial charge in [0, 0.05) is 18.2 Å². The van der Waals surface area contributed by atoms with Gasteiger partial charge in [-0.05, 0) is 12.8 Å². The van der Waals surface area contributed by atoms with Crippen molar-refractivity contribution in [3.63, 3.8) is 0 Å². The molecule has 0 spiro atoms. The maximum atomic E-state index is 13.3. The number of phenolic OH excluding ortho intramolecular Hbond substituents is 1. The molecule has 2 rings (SSSR count). The van der Waals surface area contributed by atoms with E-state index in [1.807, 2.05) is 0 Å². The van der Waals surface area contributed by atoms with E-state index in [0.29, 0.717) is 43.1 Å². The molecule has 0 atom stereocenters. The van der Waals surface area contributed by atoms with Crippen LogP contribution in [-0.2, 0) is 6.42 Å². The number of aromatic hydroxyl groups is 1. The Kier molecular flexibility index (Phi) is 3.14. The monoisotopic (exact) mass is 228 g/mol. The summed E-state index contributed by atoms with van der Waals surface area (Å²) >= 11 is 0. The smallest absolute Gasteiger partial charge is 0.169 e. The summed E-state index contributed by atoms with van der Waals surface area (Å²) in [6.07, 6.45) is 0.790. The highest BCUT2D eigenvalue weighted by molar-refractivity contribution is 5.54. The third-order valence-electron chi connectivity index (χ3n) is 2.44. The van der Waals surface area contributed by atoms with E-state index >= 15 is 0 Å². The normalized spacial score (nSPS) is 13.9. The maximum absolute atomic E-state index is 13.3. The van der Waals surface area contributed by atoms with Crippen LogP contribution >= 0.6 is 0 Å². The van der Waals surface area contributed by atoms with Crippen molar-refractivity contribution in [2.45, 2.75) is 12.8 Å². The average Bonchev–Trinajstić information content (AvgIpc) is 2.30. The molecule has 0 aromatic heterocycles. The van der Waals surface area contributed by atoms with E-state index in [2.05, 4.69) is 0 Å². The highest BCUT2D eigenvalue weighted by atomic mass is 19.1. The van der Waals surface area contributed by atoms with Crippen LogP contribution in [0.15, 0.2) is 6.07 Å². The van der Waals surface area contributed by atoms with Gasteiger partial charge in [-0.2, -0.15) is 0 Å². The first-order chi connectivity index (χ1) is 7.74. The molecule has 1 aromatic carbocycles. The minimum atomic E-state index is -0.725. The molecular weight excluding hydrogens is 215 g/mol. The third-order valence-corrected chi connectivity index (χ3v) is 2.44. The molecule has 0 saturated carbocycles. The molecule has 4 nitrogen and oxygen atoms in total. The number of phenols is 1. The van der Waals surface area contributed by atoms with Crippen molar-refractivity contribution >= 4 is 0 Å². The Morgan fingerprint density at radius 3 is 2.81 bits per heavy atom. The van der Waals surface area contributed by atoms with Crippen LogP contribution in [0.25, 0.3) is 0 Å². The summed E-state index contributed by atoms with van der Waals surface area (Å²) in [6, 6.07) is 1.12. The summed E-state index contributed by atoms with van der Waals surface area (Å²) in [5.74, 6) is -0.442. The second-order valence-corrected chi connectivity index (χ2v) is 3.54. The molecule has 0 radical (unpaired) electrons. The van der Waals surface area contributed by atoms with E-state index in [1.54, 1.807) is 0 Å². The zero-order valence-electron chi connectivity index (χ0n) is 8.70. The summed E-state index contributed by atoms with van der Waals surface area (Å²) < 4.78 is 23.9. The Morgan fingerprint density at radius 2 is 2.06 bits per heavy atom. The van der Waals surface area contributed by atoms with Gasteiger partial charge in [0.25, 0.3) is 0 Å². The van der Waals surface area contributed by atoms with Crippen LogP contribution in [-0.4, -0.2) is 30.0 Å². The van der Waals surface area contributed by atoms with Crippen molar-refractivity contribution in [2.24, 2.45) is 0 Å². The van der Waals surface area contributed by atoms with Gasteiger partial charge in [0.05, 0.1) is 0 Å². The van der Waals surface area contributed by atoms with Crippen LogP contribution in [0.5, 0.6) is 17.2 Å². The minimum Gasteiger partial charge on any atom is -0.505 e. The molecule has 1 heterocycles. The molecule has 1 aromatic rings. The van der Waals surface area contributed by atoms with Crippen LogP contribution in [0.3, 0.4) is 0 Å². The van der Waals surface area contributed by atoms with Gasteiger partial charge in [-0.25, -0.2) is 4.39 Å². The first-order valence-electron chi connectivity index (χ1n) is 5.15. The lowest BCUT2D eigenvalue weighted by molar-refractivity contribution is 0.167. The van der Waals surface area contributed by atoms with E-state index in [9.17, 15) is 9.50 Å². The maximum Gasteiger partial charge on any atom is 0.169 e. The molecular formula is C11H13FO4. The molecule has 0 bridgehead atoms. The van der Waals surface area contributed by atoms with Crippen molar-refractivity contribution in [3.05, 3.63) is 17.4 Å². The first-order valence-corrected chi connectivity index (χ1v) is 5.15. The lowest BCUT2D eigenvalue weighted by atomic mass is 10.1. The van der Waals surface area contributed by atoms with E-state index < -0.39 is 11.6 Å². The molecule has 16 heavy (non-hydrogen) atoms. The van der Waals surface area contributed by atoms with Crippen molar-refractivity contribution < 1.29 is 24.1 Å². The Balaban J connectivity index is 2.41. The molecule has 0 saturated heterocycles. The Labute approximate surface area is 92.2 Å². The second-order valence-electron chi connectivity index (χ2n) is 3.54. The number of hydrogen-bond acceptors (Lipinski definition) is 4. The van der Waals surface area contributed by atoms with Gasteiger partial charge in [-0.15, -0.1) is 0 Å². The van der Waals surface area contributed by atoms with Crippen molar-refractivity contribution in [1.29, 1.82) is 0 Å².